The molecule has 1 aromatic carbocycles. The van der Waals surface area contributed by atoms with Crippen molar-refractivity contribution in [3.63, 3.8) is 0 Å². The van der Waals surface area contributed by atoms with Gasteiger partial charge in [-0.25, -0.2) is 0 Å². The highest BCUT2D eigenvalue weighted by atomic mass is 16.6. The molecule has 19 heavy (non-hydrogen) atoms. The number of carbonyl (C=O) groups excluding carboxylic acids is 1. The van der Waals surface area contributed by atoms with Gasteiger partial charge in [-0.2, -0.15) is 0 Å². The van der Waals surface area contributed by atoms with Crippen molar-refractivity contribution in [1.82, 2.24) is 4.90 Å². The largest absolute Gasteiger partial charge is 0.388 e. The lowest BCUT2D eigenvalue weighted by Crippen LogP contribution is -2.34. The van der Waals surface area contributed by atoms with Gasteiger partial charge in [-0.15, -0.1) is 0 Å². The van der Waals surface area contributed by atoms with Gasteiger partial charge in [-0.3, -0.25) is 14.9 Å². The highest BCUT2D eigenvalue weighted by Gasteiger charge is 2.33. The zero-order valence-corrected chi connectivity index (χ0v) is 10.7. The molecule has 1 fully saturated rings. The fourth-order valence-electron chi connectivity index (χ4n) is 2.18. The lowest BCUT2D eigenvalue weighted by atomic mass is 10.1. The number of benzene rings is 1. The van der Waals surface area contributed by atoms with Crippen LogP contribution in [0.5, 0.6) is 0 Å². The molecule has 0 saturated carbocycles. The van der Waals surface area contributed by atoms with Gasteiger partial charge in [-0.1, -0.05) is 12.1 Å². The van der Waals surface area contributed by atoms with Crippen molar-refractivity contribution < 1.29 is 14.8 Å². The lowest BCUT2D eigenvalue weighted by Gasteiger charge is -2.19. The van der Waals surface area contributed by atoms with Crippen LogP contribution in [-0.4, -0.2) is 39.5 Å². The van der Waals surface area contributed by atoms with E-state index in [2.05, 4.69) is 0 Å². The normalized spacial score (nSPS) is 22.5. The van der Waals surface area contributed by atoms with Crippen LogP contribution in [-0.2, 0) is 11.2 Å². The minimum absolute atomic E-state index is 0.0142. The van der Waals surface area contributed by atoms with Crippen molar-refractivity contribution in [1.29, 1.82) is 0 Å². The molecule has 6 nitrogen and oxygen atoms in total. The summed E-state index contributed by atoms with van der Waals surface area (Å²) in [6.45, 7) is 2.61. The molecule has 1 aliphatic rings. The van der Waals surface area contributed by atoms with Crippen LogP contribution >= 0.6 is 0 Å². The molecule has 0 aliphatic carbocycles. The van der Waals surface area contributed by atoms with E-state index < -0.39 is 10.5 Å². The smallest absolute Gasteiger partial charge is 0.269 e. The summed E-state index contributed by atoms with van der Waals surface area (Å²) >= 11 is 0. The summed E-state index contributed by atoms with van der Waals surface area (Å²) < 4.78 is 0. The number of carbonyl (C=O) groups is 1. The third-order valence-corrected chi connectivity index (χ3v) is 3.31. The molecule has 102 valence electrons. The minimum Gasteiger partial charge on any atom is -0.388 e. The Bertz CT molecular complexity index is 496. The summed E-state index contributed by atoms with van der Waals surface area (Å²) in [4.78, 5) is 23.7. The minimum atomic E-state index is -0.800. The van der Waals surface area contributed by atoms with Crippen LogP contribution in [0.25, 0.3) is 0 Å². The summed E-state index contributed by atoms with van der Waals surface area (Å²) in [5.41, 5.74) is -0.0482. The highest BCUT2D eigenvalue weighted by molar-refractivity contribution is 5.79. The molecule has 0 spiro atoms. The second-order valence-corrected chi connectivity index (χ2v) is 5.16. The lowest BCUT2D eigenvalue weighted by molar-refractivity contribution is -0.384. The SMILES string of the molecule is CC1(O)CCN(C(=O)Cc2ccc([N+](=O)[O-])cc2)C1. The predicted octanol–water partition coefficient (Wildman–Crippen LogP) is 1.12. The molecule has 1 unspecified atom stereocenters. The van der Waals surface area contributed by atoms with Gasteiger partial charge in [0.15, 0.2) is 0 Å². The van der Waals surface area contributed by atoms with E-state index in [0.29, 0.717) is 19.5 Å². The second-order valence-electron chi connectivity index (χ2n) is 5.16. The third kappa shape index (κ3) is 3.29. The van der Waals surface area contributed by atoms with Crippen molar-refractivity contribution >= 4 is 11.6 Å². The predicted molar refractivity (Wildman–Crippen MR) is 68.6 cm³/mol. The van der Waals surface area contributed by atoms with Crippen LogP contribution in [0.3, 0.4) is 0 Å². The number of nitro groups is 1. The Morgan fingerprint density at radius 2 is 2.11 bits per heavy atom. The van der Waals surface area contributed by atoms with Crippen molar-refractivity contribution in [3.8, 4) is 0 Å². The molecule has 1 aliphatic heterocycles. The number of amides is 1. The first-order chi connectivity index (χ1) is 8.87. The van der Waals surface area contributed by atoms with Gasteiger partial charge < -0.3 is 10.0 Å². The Hall–Kier alpha value is -1.95. The first kappa shape index (κ1) is 13.5. The molecule has 1 aromatic rings. The van der Waals surface area contributed by atoms with E-state index >= 15 is 0 Å². The summed E-state index contributed by atoms with van der Waals surface area (Å²) in [6, 6.07) is 5.96. The summed E-state index contributed by atoms with van der Waals surface area (Å²) in [5, 5.41) is 20.3. The second kappa shape index (κ2) is 4.97. The van der Waals surface area contributed by atoms with Crippen LogP contribution in [0.2, 0.25) is 0 Å². The maximum Gasteiger partial charge on any atom is 0.269 e. The number of hydrogen-bond donors (Lipinski definition) is 1. The molecule has 2 rings (SSSR count). The van der Waals surface area contributed by atoms with Crippen LogP contribution in [0.1, 0.15) is 18.9 Å². The highest BCUT2D eigenvalue weighted by Crippen LogP contribution is 2.21. The van der Waals surface area contributed by atoms with Crippen LogP contribution in [0, 0.1) is 10.1 Å². The van der Waals surface area contributed by atoms with E-state index in [0.717, 1.165) is 5.56 Å². The van der Waals surface area contributed by atoms with Crippen molar-refractivity contribution in [2.75, 3.05) is 13.1 Å². The molecule has 0 aromatic heterocycles. The number of rotatable bonds is 3. The standard InChI is InChI=1S/C13H16N2O4/c1-13(17)6-7-14(9-13)12(16)8-10-2-4-11(5-3-10)15(18)19/h2-5,17H,6-9H2,1H3. The average molecular weight is 264 g/mol. The number of nitro benzene ring substituents is 1. The van der Waals surface area contributed by atoms with Crippen molar-refractivity contribution in [3.05, 3.63) is 39.9 Å². The fraction of sp³-hybridized carbons (Fsp3) is 0.462. The number of likely N-dealkylation sites (tertiary alicyclic amines) is 1. The molecule has 1 N–H and O–H groups in total. The third-order valence-electron chi connectivity index (χ3n) is 3.31. The van der Waals surface area contributed by atoms with E-state index in [4.69, 9.17) is 0 Å². The Kier molecular flexibility index (Phi) is 3.53. The van der Waals surface area contributed by atoms with Crippen molar-refractivity contribution in [2.45, 2.75) is 25.4 Å². The summed E-state index contributed by atoms with van der Waals surface area (Å²) in [5.74, 6) is -0.0633. The van der Waals surface area contributed by atoms with Crippen LogP contribution in [0.15, 0.2) is 24.3 Å². The molecule has 6 heteroatoms. The van der Waals surface area contributed by atoms with Gasteiger partial charge in [0.2, 0.25) is 5.91 Å². The Balaban J connectivity index is 1.98. The molecule has 1 saturated heterocycles. The van der Waals surface area contributed by atoms with E-state index in [1.807, 2.05) is 0 Å². The Morgan fingerprint density at radius 3 is 2.58 bits per heavy atom. The molecule has 1 atom stereocenters. The van der Waals surface area contributed by atoms with Gasteiger partial charge in [0.1, 0.15) is 0 Å². The number of aliphatic hydroxyl groups is 1. The fourth-order valence-corrected chi connectivity index (χ4v) is 2.18. The maximum atomic E-state index is 12.0. The molecular formula is C13H16N2O4. The zero-order valence-electron chi connectivity index (χ0n) is 10.7. The van der Waals surface area contributed by atoms with Gasteiger partial charge >= 0.3 is 0 Å². The number of β-amino-alcohol motifs (C(OH)–C–C–N with tert-alkyl or cyclic N) is 1. The summed E-state index contributed by atoms with van der Waals surface area (Å²) in [7, 11) is 0. The van der Waals surface area contributed by atoms with Crippen molar-refractivity contribution in [2.24, 2.45) is 0 Å². The Morgan fingerprint density at radius 1 is 1.47 bits per heavy atom. The molecule has 1 heterocycles. The maximum absolute atomic E-state index is 12.0. The van der Waals surface area contributed by atoms with E-state index in [1.54, 1.807) is 24.0 Å². The van der Waals surface area contributed by atoms with Gasteiger partial charge in [0.05, 0.1) is 16.9 Å². The molecule has 1 amide bonds. The van der Waals surface area contributed by atoms with Gasteiger partial charge in [0, 0.05) is 25.2 Å². The zero-order chi connectivity index (χ0) is 14.0. The molecular weight excluding hydrogens is 248 g/mol. The number of non-ortho nitro benzene ring substituents is 1. The van der Waals surface area contributed by atoms with Crippen LogP contribution in [0.4, 0.5) is 5.69 Å². The number of nitrogens with zero attached hydrogens (tertiary/aromatic N) is 2. The van der Waals surface area contributed by atoms with Gasteiger partial charge in [-0.05, 0) is 18.9 Å². The number of hydrogen-bond acceptors (Lipinski definition) is 4. The monoisotopic (exact) mass is 264 g/mol. The average Bonchev–Trinajstić information content (AvgIpc) is 2.70. The molecule has 0 bridgehead atoms. The Labute approximate surface area is 110 Å². The summed E-state index contributed by atoms with van der Waals surface area (Å²) in [6.07, 6.45) is 0.785. The first-order valence-electron chi connectivity index (χ1n) is 6.11. The van der Waals surface area contributed by atoms with E-state index in [9.17, 15) is 20.0 Å². The molecule has 0 radical (unpaired) electrons. The van der Waals surface area contributed by atoms with E-state index in [1.165, 1.54) is 12.1 Å². The quantitative estimate of drug-likeness (QED) is 0.655. The van der Waals surface area contributed by atoms with E-state index in [-0.39, 0.29) is 18.0 Å². The van der Waals surface area contributed by atoms with Gasteiger partial charge in [0.25, 0.3) is 5.69 Å². The topological polar surface area (TPSA) is 83.7 Å². The first-order valence-corrected chi connectivity index (χ1v) is 6.11. The van der Waals surface area contributed by atoms with Crippen LogP contribution < -0.4 is 0 Å².